The molecule has 7 atom stereocenters. The van der Waals surface area contributed by atoms with Gasteiger partial charge in [0.2, 0.25) is 0 Å². The molecule has 5 aliphatic rings. The monoisotopic (exact) mass is 394 g/mol. The van der Waals surface area contributed by atoms with Crippen LogP contribution in [0.3, 0.4) is 0 Å². The van der Waals surface area contributed by atoms with Gasteiger partial charge in [-0.3, -0.25) is 4.79 Å². The van der Waals surface area contributed by atoms with Crippen molar-refractivity contribution in [1.82, 2.24) is 0 Å². The molecule has 160 valence electrons. The lowest BCUT2D eigenvalue weighted by Crippen LogP contribution is -2.50. The summed E-state index contributed by atoms with van der Waals surface area (Å²) in [6.45, 7) is 7.78. The van der Waals surface area contributed by atoms with E-state index in [2.05, 4.69) is 32.9 Å². The minimum atomic E-state index is 0.328. The molecule has 0 N–H and O–H groups in total. The van der Waals surface area contributed by atoms with E-state index in [1.807, 2.05) is 0 Å². The number of hydrogen-bond donors (Lipinski definition) is 0. The Labute approximate surface area is 178 Å². The Hall–Kier alpha value is -0.850. The number of ketones is 1. The summed E-state index contributed by atoms with van der Waals surface area (Å²) < 4.78 is 0. The third-order valence-electron chi connectivity index (χ3n) is 10.7. The lowest BCUT2D eigenvalue weighted by Gasteiger charge is -2.58. The van der Waals surface area contributed by atoms with Crippen LogP contribution >= 0.6 is 0 Å². The number of hydrogen-bond acceptors (Lipinski definition) is 1. The van der Waals surface area contributed by atoms with Crippen LogP contribution in [0.25, 0.3) is 0 Å². The van der Waals surface area contributed by atoms with Crippen LogP contribution in [0, 0.1) is 40.4 Å². The molecule has 0 saturated heterocycles. The number of rotatable bonds is 3. The van der Waals surface area contributed by atoms with Crippen LogP contribution in [0.4, 0.5) is 0 Å². The second-order valence-electron chi connectivity index (χ2n) is 12.0. The van der Waals surface area contributed by atoms with Gasteiger partial charge >= 0.3 is 0 Å². The van der Waals surface area contributed by atoms with Crippen LogP contribution in [-0.2, 0) is 4.79 Å². The summed E-state index contributed by atoms with van der Waals surface area (Å²) in [6, 6.07) is 0. The number of Topliss-reactive ketones (excluding diaryl/α,β-unsaturated/α-hetero) is 1. The fourth-order valence-electron chi connectivity index (χ4n) is 9.10. The molecule has 0 aromatic carbocycles. The van der Waals surface area contributed by atoms with E-state index < -0.39 is 0 Å². The van der Waals surface area contributed by atoms with Gasteiger partial charge in [-0.25, -0.2) is 0 Å². The van der Waals surface area contributed by atoms with Crippen LogP contribution in [0.15, 0.2) is 23.3 Å². The van der Waals surface area contributed by atoms with E-state index in [0.717, 1.165) is 48.9 Å². The Morgan fingerprint density at radius 1 is 1.03 bits per heavy atom. The first-order valence-corrected chi connectivity index (χ1v) is 12.8. The van der Waals surface area contributed by atoms with Crippen LogP contribution in [0.5, 0.6) is 0 Å². The van der Waals surface area contributed by atoms with Gasteiger partial charge in [-0.1, -0.05) is 44.1 Å². The molecule has 3 saturated carbocycles. The predicted octanol–water partition coefficient (Wildman–Crippen LogP) is 7.66. The van der Waals surface area contributed by atoms with Crippen molar-refractivity contribution in [1.29, 1.82) is 0 Å². The molecule has 3 fully saturated rings. The number of allylic oxidation sites excluding steroid dienone is 4. The van der Waals surface area contributed by atoms with Crippen molar-refractivity contribution in [2.75, 3.05) is 0 Å². The normalized spacial score (nSPS) is 45.6. The van der Waals surface area contributed by atoms with E-state index in [9.17, 15) is 4.79 Å². The van der Waals surface area contributed by atoms with E-state index in [4.69, 9.17) is 0 Å². The van der Waals surface area contributed by atoms with Gasteiger partial charge in [0.15, 0.2) is 0 Å². The summed E-state index contributed by atoms with van der Waals surface area (Å²) in [6.07, 6.45) is 21.7. The van der Waals surface area contributed by atoms with Gasteiger partial charge in [-0.15, -0.1) is 0 Å². The maximum Gasteiger partial charge on any atom is 0.136 e. The van der Waals surface area contributed by atoms with E-state index in [1.54, 1.807) is 5.57 Å². The molecule has 0 heterocycles. The smallest absolute Gasteiger partial charge is 0.136 e. The first-order valence-electron chi connectivity index (χ1n) is 12.8. The zero-order chi connectivity index (χ0) is 20.2. The maximum atomic E-state index is 12.1. The van der Waals surface area contributed by atoms with Crippen molar-refractivity contribution in [2.45, 2.75) is 104 Å². The summed E-state index contributed by atoms with van der Waals surface area (Å²) in [4.78, 5) is 12.1. The minimum absolute atomic E-state index is 0.328. The van der Waals surface area contributed by atoms with E-state index >= 15 is 0 Å². The van der Waals surface area contributed by atoms with Crippen molar-refractivity contribution in [3.05, 3.63) is 23.3 Å². The summed E-state index contributed by atoms with van der Waals surface area (Å²) in [5.74, 6) is 4.89. The largest absolute Gasteiger partial charge is 0.299 e. The zero-order valence-corrected chi connectivity index (χ0v) is 19.1. The maximum absolute atomic E-state index is 12.1. The fraction of sp³-hybridized carbons (Fsp3) is 0.821. The summed E-state index contributed by atoms with van der Waals surface area (Å²) in [5.41, 5.74) is 4.18. The SMILES string of the molecule is C[C@H](CC1=CCCCC1)[C@H]1CCC2[C@@H]3CC=C4CC(=O)CC[C@]4(C)[C@H]3CC[C@@]21C. The van der Waals surface area contributed by atoms with Crippen LogP contribution in [-0.4, -0.2) is 5.78 Å². The Balaban J connectivity index is 1.35. The standard InChI is InChI=1S/C28H42O/c1-19(17-20-7-5-4-6-8-20)24-11-12-25-23-10-9-21-18-22(29)13-15-27(21,2)26(23)14-16-28(24,25)3/h7,9,19,23-26H,4-6,8,10-18H2,1-3H3/t19-,23+,24-,25?,26+,27+,28-/m1/s1. The highest BCUT2D eigenvalue weighted by Crippen LogP contribution is 2.67. The topological polar surface area (TPSA) is 17.1 Å². The number of carbonyl (C=O) groups is 1. The van der Waals surface area contributed by atoms with Crippen molar-refractivity contribution < 1.29 is 4.79 Å². The molecule has 0 spiro atoms. The quantitative estimate of drug-likeness (QED) is 0.449. The Morgan fingerprint density at radius 2 is 1.90 bits per heavy atom. The van der Waals surface area contributed by atoms with Crippen LogP contribution < -0.4 is 0 Å². The summed E-state index contributed by atoms with van der Waals surface area (Å²) in [5, 5.41) is 0. The Kier molecular flexibility index (Phi) is 5.11. The predicted molar refractivity (Wildman–Crippen MR) is 121 cm³/mol. The molecule has 1 unspecified atom stereocenters. The molecule has 1 nitrogen and oxygen atoms in total. The lowest BCUT2D eigenvalue weighted by atomic mass is 9.47. The fourth-order valence-corrected chi connectivity index (χ4v) is 9.10. The first-order chi connectivity index (χ1) is 13.9. The molecule has 1 heteroatoms. The average molecular weight is 395 g/mol. The summed E-state index contributed by atoms with van der Waals surface area (Å²) >= 11 is 0. The molecule has 5 aliphatic carbocycles. The average Bonchev–Trinajstić information content (AvgIpc) is 3.06. The van der Waals surface area contributed by atoms with Crippen molar-refractivity contribution in [3.63, 3.8) is 0 Å². The second kappa shape index (κ2) is 7.38. The molecule has 0 amide bonds. The molecular weight excluding hydrogens is 352 g/mol. The molecule has 5 rings (SSSR count). The van der Waals surface area contributed by atoms with E-state index in [-0.39, 0.29) is 0 Å². The van der Waals surface area contributed by atoms with Gasteiger partial charge in [0, 0.05) is 12.8 Å². The third kappa shape index (κ3) is 3.21. The van der Waals surface area contributed by atoms with Gasteiger partial charge in [0.1, 0.15) is 5.78 Å². The molecule has 0 aliphatic heterocycles. The van der Waals surface area contributed by atoms with Gasteiger partial charge < -0.3 is 0 Å². The van der Waals surface area contributed by atoms with Gasteiger partial charge in [0.05, 0.1) is 0 Å². The van der Waals surface area contributed by atoms with Crippen LogP contribution in [0.2, 0.25) is 0 Å². The van der Waals surface area contributed by atoms with E-state index in [1.165, 1.54) is 69.8 Å². The van der Waals surface area contributed by atoms with Gasteiger partial charge in [-0.2, -0.15) is 0 Å². The van der Waals surface area contributed by atoms with Gasteiger partial charge in [0.25, 0.3) is 0 Å². The molecule has 0 radical (unpaired) electrons. The third-order valence-corrected chi connectivity index (χ3v) is 10.7. The van der Waals surface area contributed by atoms with Crippen molar-refractivity contribution in [3.8, 4) is 0 Å². The highest BCUT2D eigenvalue weighted by Gasteiger charge is 2.59. The minimum Gasteiger partial charge on any atom is -0.299 e. The molecule has 0 aromatic heterocycles. The highest BCUT2D eigenvalue weighted by atomic mass is 16.1. The molecule has 0 aromatic rings. The van der Waals surface area contributed by atoms with Crippen LogP contribution in [0.1, 0.15) is 104 Å². The zero-order valence-electron chi connectivity index (χ0n) is 19.1. The first kappa shape index (κ1) is 20.1. The highest BCUT2D eigenvalue weighted by molar-refractivity contribution is 5.82. The molecule has 29 heavy (non-hydrogen) atoms. The van der Waals surface area contributed by atoms with Gasteiger partial charge in [-0.05, 0) is 111 Å². The number of carbonyl (C=O) groups excluding carboxylic acids is 1. The molecular formula is C28H42O. The number of fused-ring (bicyclic) bond motifs is 5. The van der Waals surface area contributed by atoms with Crippen molar-refractivity contribution >= 4 is 5.78 Å². The van der Waals surface area contributed by atoms with E-state index in [0.29, 0.717) is 16.6 Å². The van der Waals surface area contributed by atoms with Crippen molar-refractivity contribution in [2.24, 2.45) is 40.4 Å². The Bertz CT molecular complexity index is 729. The molecule has 0 bridgehead atoms. The second-order valence-corrected chi connectivity index (χ2v) is 12.0. The lowest BCUT2D eigenvalue weighted by molar-refractivity contribution is -0.122. The summed E-state index contributed by atoms with van der Waals surface area (Å²) in [7, 11) is 0. The Morgan fingerprint density at radius 3 is 2.69 bits per heavy atom.